The van der Waals surface area contributed by atoms with Crippen molar-refractivity contribution < 1.29 is 24.0 Å². The fraction of sp³-hybridized carbons (Fsp3) is 0.154. The number of nitrogens with zero attached hydrogens (tertiary/aromatic N) is 2. The minimum Gasteiger partial charge on any atom is -0.490 e. The fourth-order valence-corrected chi connectivity index (χ4v) is 4.45. The smallest absolute Gasteiger partial charge is 0.293 e. The fourth-order valence-electron chi connectivity index (χ4n) is 3.48. The van der Waals surface area contributed by atoms with Gasteiger partial charge in [-0.1, -0.05) is 41.9 Å². The summed E-state index contributed by atoms with van der Waals surface area (Å²) < 4.78 is 11.6. The molecule has 0 saturated carbocycles. The lowest BCUT2D eigenvalue weighted by molar-refractivity contribution is -0.384. The van der Waals surface area contributed by atoms with Gasteiger partial charge in [-0.2, -0.15) is 0 Å². The van der Waals surface area contributed by atoms with Crippen LogP contribution in [0, 0.1) is 10.1 Å². The predicted octanol–water partition coefficient (Wildman–Crippen LogP) is 6.46. The van der Waals surface area contributed by atoms with Gasteiger partial charge in [-0.05, 0) is 65.7 Å². The molecule has 1 aliphatic rings. The molecule has 1 heterocycles. The maximum atomic E-state index is 12.9. The van der Waals surface area contributed by atoms with Gasteiger partial charge in [0.05, 0.1) is 23.0 Å². The molecule has 0 bridgehead atoms. The Morgan fingerprint density at radius 1 is 1.00 bits per heavy atom. The molecule has 0 N–H and O–H groups in total. The topological polar surface area (TPSA) is 99.0 Å². The van der Waals surface area contributed by atoms with Crippen LogP contribution in [0.5, 0.6) is 11.5 Å². The van der Waals surface area contributed by atoms with Crippen LogP contribution in [-0.2, 0) is 17.9 Å². The summed E-state index contributed by atoms with van der Waals surface area (Å²) >= 11 is 6.79. The maximum absolute atomic E-state index is 12.9. The maximum Gasteiger partial charge on any atom is 0.293 e. The lowest BCUT2D eigenvalue weighted by Gasteiger charge is -2.13. The number of thioether (sulfide) groups is 1. The number of carbonyl (C=O) groups excluding carboxylic acids is 2. The van der Waals surface area contributed by atoms with Gasteiger partial charge in [-0.15, -0.1) is 0 Å². The van der Waals surface area contributed by atoms with E-state index in [0.717, 1.165) is 17.3 Å². The van der Waals surface area contributed by atoms with E-state index in [4.69, 9.17) is 21.1 Å². The average Bonchev–Trinajstić information content (AvgIpc) is 3.12. The van der Waals surface area contributed by atoms with E-state index in [1.165, 1.54) is 17.0 Å². The number of amides is 2. The van der Waals surface area contributed by atoms with E-state index in [1.807, 2.05) is 6.92 Å². The zero-order valence-corrected chi connectivity index (χ0v) is 20.8. The number of non-ortho nitro benzene ring substituents is 1. The predicted molar refractivity (Wildman–Crippen MR) is 138 cm³/mol. The monoisotopic (exact) mass is 524 g/mol. The third kappa shape index (κ3) is 6.05. The third-order valence-corrected chi connectivity index (χ3v) is 6.37. The Kier molecular flexibility index (Phi) is 7.92. The van der Waals surface area contributed by atoms with Crippen molar-refractivity contribution in [3.8, 4) is 11.5 Å². The zero-order chi connectivity index (χ0) is 25.7. The minimum absolute atomic E-state index is 0.0125. The van der Waals surface area contributed by atoms with E-state index in [1.54, 1.807) is 60.7 Å². The number of hydrogen-bond acceptors (Lipinski definition) is 7. The molecule has 3 aromatic carbocycles. The molecule has 10 heteroatoms. The first-order valence-corrected chi connectivity index (χ1v) is 12.2. The quantitative estimate of drug-likeness (QED) is 0.180. The van der Waals surface area contributed by atoms with E-state index in [2.05, 4.69) is 0 Å². The molecule has 0 spiro atoms. The van der Waals surface area contributed by atoms with Crippen molar-refractivity contribution in [3.63, 3.8) is 0 Å². The summed E-state index contributed by atoms with van der Waals surface area (Å²) in [6.07, 6.45) is 1.64. The number of nitro benzene ring substituents is 1. The molecule has 4 rings (SSSR count). The van der Waals surface area contributed by atoms with E-state index in [9.17, 15) is 19.7 Å². The Labute approximate surface area is 216 Å². The SMILES string of the molecule is CCOc1cc(/C=C2\SC(=O)N(Cc3ccc(Cl)cc3)C2=O)ccc1OCc1cccc([N+](=O)[O-])c1. The second-order valence-electron chi connectivity index (χ2n) is 7.75. The van der Waals surface area contributed by atoms with Gasteiger partial charge in [-0.25, -0.2) is 0 Å². The number of hydrogen-bond donors (Lipinski definition) is 0. The van der Waals surface area contributed by atoms with E-state index >= 15 is 0 Å². The van der Waals surface area contributed by atoms with Gasteiger partial charge in [0.1, 0.15) is 6.61 Å². The van der Waals surface area contributed by atoms with E-state index in [0.29, 0.717) is 39.2 Å². The molecule has 36 heavy (non-hydrogen) atoms. The molecule has 0 atom stereocenters. The van der Waals surface area contributed by atoms with Gasteiger partial charge in [0.2, 0.25) is 0 Å². The Balaban J connectivity index is 1.49. The number of carbonyl (C=O) groups is 2. The standard InChI is InChI=1S/C26H21ClN2O6S/c1-2-34-23-13-18(8-11-22(23)35-16-19-4-3-5-21(12-19)29(32)33)14-24-25(30)28(26(31)36-24)15-17-6-9-20(27)10-7-17/h3-14H,2,15-16H2,1H3/b24-14-. The molecule has 3 aromatic rings. The van der Waals surface area contributed by atoms with Crippen LogP contribution >= 0.6 is 23.4 Å². The van der Waals surface area contributed by atoms with Crippen molar-refractivity contribution in [2.45, 2.75) is 20.1 Å². The molecule has 2 amide bonds. The summed E-state index contributed by atoms with van der Waals surface area (Å²) in [7, 11) is 0. The van der Waals surface area contributed by atoms with Crippen molar-refractivity contribution in [1.82, 2.24) is 4.90 Å². The number of imide groups is 1. The van der Waals surface area contributed by atoms with Gasteiger partial charge >= 0.3 is 0 Å². The molecule has 1 saturated heterocycles. The molecular formula is C26H21ClN2O6S. The number of rotatable bonds is 9. The van der Waals surface area contributed by atoms with Crippen LogP contribution in [0.4, 0.5) is 10.5 Å². The first-order chi connectivity index (χ1) is 17.3. The van der Waals surface area contributed by atoms with Crippen molar-refractivity contribution in [2.75, 3.05) is 6.61 Å². The Morgan fingerprint density at radius 3 is 2.50 bits per heavy atom. The number of nitro groups is 1. The molecule has 184 valence electrons. The van der Waals surface area contributed by atoms with Gasteiger partial charge in [0.15, 0.2) is 11.5 Å². The van der Waals surface area contributed by atoms with E-state index < -0.39 is 4.92 Å². The van der Waals surface area contributed by atoms with Crippen LogP contribution in [0.2, 0.25) is 5.02 Å². The van der Waals surface area contributed by atoms with Gasteiger partial charge < -0.3 is 9.47 Å². The first kappa shape index (κ1) is 25.3. The highest BCUT2D eigenvalue weighted by Gasteiger charge is 2.35. The molecule has 0 unspecified atom stereocenters. The van der Waals surface area contributed by atoms with Crippen LogP contribution in [0.25, 0.3) is 6.08 Å². The lowest BCUT2D eigenvalue weighted by Crippen LogP contribution is -2.27. The molecule has 1 fully saturated rings. The highest BCUT2D eigenvalue weighted by atomic mass is 35.5. The highest BCUT2D eigenvalue weighted by molar-refractivity contribution is 8.18. The molecule has 1 aliphatic heterocycles. The number of benzene rings is 3. The first-order valence-electron chi connectivity index (χ1n) is 11.0. The normalized spacial score (nSPS) is 14.4. The van der Waals surface area contributed by atoms with Crippen LogP contribution in [0.1, 0.15) is 23.6 Å². The number of ether oxygens (including phenoxy) is 2. The van der Waals surface area contributed by atoms with Crippen molar-refractivity contribution >= 4 is 46.3 Å². The summed E-state index contributed by atoms with van der Waals surface area (Å²) in [6, 6.07) is 18.4. The highest BCUT2D eigenvalue weighted by Crippen LogP contribution is 2.35. The summed E-state index contributed by atoms with van der Waals surface area (Å²) in [5.74, 6) is 0.539. The largest absolute Gasteiger partial charge is 0.490 e. The molecular weight excluding hydrogens is 504 g/mol. The Morgan fingerprint density at radius 2 is 1.78 bits per heavy atom. The van der Waals surface area contributed by atoms with Crippen molar-refractivity contribution in [1.29, 1.82) is 0 Å². The third-order valence-electron chi connectivity index (χ3n) is 5.21. The summed E-state index contributed by atoms with van der Waals surface area (Å²) in [4.78, 5) is 37.4. The minimum atomic E-state index is -0.457. The Bertz CT molecular complexity index is 1340. The number of halogens is 1. The molecule has 0 aromatic heterocycles. The van der Waals surface area contributed by atoms with Crippen molar-refractivity contribution in [3.05, 3.63) is 103 Å². The lowest BCUT2D eigenvalue weighted by atomic mass is 10.1. The Hall–Kier alpha value is -3.82. The van der Waals surface area contributed by atoms with Crippen LogP contribution < -0.4 is 9.47 Å². The van der Waals surface area contributed by atoms with Gasteiger partial charge in [0, 0.05) is 17.2 Å². The molecule has 8 nitrogen and oxygen atoms in total. The second kappa shape index (κ2) is 11.3. The summed E-state index contributed by atoms with van der Waals surface area (Å²) in [6.45, 7) is 2.49. The second-order valence-corrected chi connectivity index (χ2v) is 9.18. The molecule has 0 radical (unpaired) electrons. The molecule has 0 aliphatic carbocycles. The van der Waals surface area contributed by atoms with Crippen LogP contribution in [0.15, 0.2) is 71.6 Å². The summed E-state index contributed by atoms with van der Waals surface area (Å²) in [5, 5.41) is 11.2. The van der Waals surface area contributed by atoms with Gasteiger partial charge in [-0.3, -0.25) is 24.6 Å². The van der Waals surface area contributed by atoms with Crippen LogP contribution in [0.3, 0.4) is 0 Å². The van der Waals surface area contributed by atoms with Gasteiger partial charge in [0.25, 0.3) is 16.8 Å². The van der Waals surface area contributed by atoms with Crippen LogP contribution in [-0.4, -0.2) is 27.6 Å². The van der Waals surface area contributed by atoms with E-state index in [-0.39, 0.29) is 30.0 Å². The van der Waals surface area contributed by atoms with Crippen molar-refractivity contribution in [2.24, 2.45) is 0 Å². The zero-order valence-electron chi connectivity index (χ0n) is 19.2. The summed E-state index contributed by atoms with van der Waals surface area (Å²) in [5.41, 5.74) is 2.09. The average molecular weight is 525 g/mol.